The molecule has 2 rings (SSSR count). The van der Waals surface area contributed by atoms with Gasteiger partial charge in [-0.1, -0.05) is 19.3 Å². The minimum absolute atomic E-state index is 0.675. The number of hydrogen-bond acceptors (Lipinski definition) is 3. The summed E-state index contributed by atoms with van der Waals surface area (Å²) in [6, 6.07) is 0.675. The number of anilines is 1. The molecular formula is C13H23N3S. The van der Waals surface area contributed by atoms with Crippen LogP contribution in [0.1, 0.15) is 44.6 Å². The minimum atomic E-state index is 0.675. The molecule has 1 aliphatic rings. The lowest BCUT2D eigenvalue weighted by atomic mass is 9.95. The second kappa shape index (κ2) is 6.94. The van der Waals surface area contributed by atoms with E-state index in [-0.39, 0.29) is 0 Å². The molecule has 1 N–H and O–H groups in total. The second-order valence-electron chi connectivity index (χ2n) is 4.72. The smallest absolute Gasteiger partial charge is 0.203 e. The van der Waals surface area contributed by atoms with Gasteiger partial charge in [0.25, 0.3) is 0 Å². The highest BCUT2D eigenvalue weighted by atomic mass is 32.2. The van der Waals surface area contributed by atoms with Crippen LogP contribution in [-0.4, -0.2) is 28.1 Å². The lowest BCUT2D eigenvalue weighted by Crippen LogP contribution is -2.16. The largest absolute Gasteiger partial charge is 0.356 e. The Morgan fingerprint density at radius 1 is 1.41 bits per heavy atom. The molecule has 1 aliphatic carbocycles. The zero-order valence-corrected chi connectivity index (χ0v) is 11.5. The summed E-state index contributed by atoms with van der Waals surface area (Å²) in [5, 5.41) is 3.46. The number of aromatic nitrogens is 2. The monoisotopic (exact) mass is 253 g/mol. The van der Waals surface area contributed by atoms with Crippen molar-refractivity contribution in [2.75, 3.05) is 23.9 Å². The number of imidazole rings is 1. The molecule has 0 aromatic carbocycles. The Balaban J connectivity index is 1.87. The number of hydrogen-bond donors (Lipinski definition) is 1. The molecule has 1 aromatic heterocycles. The Kier molecular flexibility index (Phi) is 5.23. The molecule has 0 spiro atoms. The van der Waals surface area contributed by atoms with E-state index in [2.05, 4.69) is 27.3 Å². The van der Waals surface area contributed by atoms with Gasteiger partial charge in [0.1, 0.15) is 0 Å². The van der Waals surface area contributed by atoms with Crippen molar-refractivity contribution in [2.45, 2.75) is 44.6 Å². The van der Waals surface area contributed by atoms with Crippen LogP contribution in [0, 0.1) is 0 Å². The number of nitrogens with one attached hydrogen (secondary N) is 1. The van der Waals surface area contributed by atoms with Crippen LogP contribution in [0.15, 0.2) is 12.4 Å². The van der Waals surface area contributed by atoms with Crippen LogP contribution in [0.4, 0.5) is 5.95 Å². The minimum Gasteiger partial charge on any atom is -0.356 e. The quantitative estimate of drug-likeness (QED) is 0.786. The van der Waals surface area contributed by atoms with E-state index in [1.54, 1.807) is 0 Å². The van der Waals surface area contributed by atoms with Crippen LogP contribution in [-0.2, 0) is 0 Å². The summed E-state index contributed by atoms with van der Waals surface area (Å²) in [4.78, 5) is 4.43. The molecule has 4 heteroatoms. The number of rotatable bonds is 6. The normalized spacial score (nSPS) is 17.2. The molecule has 0 atom stereocenters. The van der Waals surface area contributed by atoms with Gasteiger partial charge in [-0.25, -0.2) is 4.98 Å². The fraction of sp³-hybridized carbons (Fsp3) is 0.769. The first-order valence-electron chi connectivity index (χ1n) is 6.67. The zero-order chi connectivity index (χ0) is 11.9. The van der Waals surface area contributed by atoms with Gasteiger partial charge in [0.2, 0.25) is 5.95 Å². The Morgan fingerprint density at radius 3 is 3.00 bits per heavy atom. The van der Waals surface area contributed by atoms with Crippen LogP contribution in [0.5, 0.6) is 0 Å². The van der Waals surface area contributed by atoms with Crippen LogP contribution >= 0.6 is 11.8 Å². The topological polar surface area (TPSA) is 29.9 Å². The Hall–Kier alpha value is -0.640. The Morgan fingerprint density at radius 2 is 2.24 bits per heavy atom. The van der Waals surface area contributed by atoms with Gasteiger partial charge in [-0.05, 0) is 31.3 Å². The summed E-state index contributed by atoms with van der Waals surface area (Å²) < 4.78 is 2.35. The van der Waals surface area contributed by atoms with Crippen molar-refractivity contribution in [1.82, 2.24) is 9.55 Å². The molecule has 0 bridgehead atoms. The highest BCUT2D eigenvalue weighted by Crippen LogP contribution is 2.29. The van der Waals surface area contributed by atoms with Crippen molar-refractivity contribution < 1.29 is 0 Å². The molecule has 17 heavy (non-hydrogen) atoms. The maximum atomic E-state index is 4.43. The van der Waals surface area contributed by atoms with E-state index < -0.39 is 0 Å². The summed E-state index contributed by atoms with van der Waals surface area (Å²) in [7, 11) is 0. The molecule has 3 nitrogen and oxygen atoms in total. The molecule has 0 radical (unpaired) electrons. The summed E-state index contributed by atoms with van der Waals surface area (Å²) in [5.74, 6) is 2.29. The van der Waals surface area contributed by atoms with E-state index in [9.17, 15) is 0 Å². The number of nitrogens with zero attached hydrogens (tertiary/aromatic N) is 2. The molecule has 1 heterocycles. The van der Waals surface area contributed by atoms with Crippen LogP contribution in [0.25, 0.3) is 0 Å². The first kappa shape index (κ1) is 12.8. The summed E-state index contributed by atoms with van der Waals surface area (Å²) in [6.07, 6.45) is 14.2. The van der Waals surface area contributed by atoms with Crippen molar-refractivity contribution in [3.8, 4) is 0 Å². The van der Waals surface area contributed by atoms with E-state index in [1.807, 2.05) is 18.0 Å². The first-order chi connectivity index (χ1) is 8.42. The Labute approximate surface area is 108 Å². The van der Waals surface area contributed by atoms with Gasteiger partial charge in [-0.2, -0.15) is 11.8 Å². The molecule has 0 amide bonds. The predicted octanol–water partition coefficient (Wildman–Crippen LogP) is 3.55. The summed E-state index contributed by atoms with van der Waals surface area (Å²) >= 11 is 1.90. The average Bonchev–Trinajstić information content (AvgIpc) is 2.84. The lowest BCUT2D eigenvalue weighted by molar-refractivity contribution is 0.356. The standard InChI is InChI=1S/C13H23N3S/c1-17-11-5-8-14-13-15-9-10-16(13)12-6-3-2-4-7-12/h9-10,12H,2-8,11H2,1H3,(H,14,15). The maximum absolute atomic E-state index is 4.43. The molecule has 1 saturated carbocycles. The van der Waals surface area contributed by atoms with Gasteiger partial charge in [0.05, 0.1) is 0 Å². The van der Waals surface area contributed by atoms with Crippen molar-refractivity contribution in [1.29, 1.82) is 0 Å². The lowest BCUT2D eigenvalue weighted by Gasteiger charge is -2.24. The molecular weight excluding hydrogens is 230 g/mol. The van der Waals surface area contributed by atoms with Gasteiger partial charge in [0, 0.05) is 25.0 Å². The highest BCUT2D eigenvalue weighted by Gasteiger charge is 2.17. The Bertz CT molecular complexity index is 318. The van der Waals surface area contributed by atoms with Crippen LogP contribution in [0.3, 0.4) is 0 Å². The van der Waals surface area contributed by atoms with E-state index in [0.717, 1.165) is 12.5 Å². The fourth-order valence-electron chi connectivity index (χ4n) is 2.52. The summed E-state index contributed by atoms with van der Waals surface area (Å²) in [5.41, 5.74) is 0. The van der Waals surface area contributed by atoms with Gasteiger partial charge in [-0.3, -0.25) is 0 Å². The molecule has 1 aromatic rings. The molecule has 0 saturated heterocycles. The van der Waals surface area contributed by atoms with E-state index in [4.69, 9.17) is 0 Å². The fourth-order valence-corrected chi connectivity index (χ4v) is 2.95. The summed E-state index contributed by atoms with van der Waals surface area (Å²) in [6.45, 7) is 1.03. The van der Waals surface area contributed by atoms with Crippen molar-refractivity contribution in [2.24, 2.45) is 0 Å². The van der Waals surface area contributed by atoms with E-state index in [0.29, 0.717) is 6.04 Å². The van der Waals surface area contributed by atoms with Crippen molar-refractivity contribution >= 4 is 17.7 Å². The average molecular weight is 253 g/mol. The van der Waals surface area contributed by atoms with Gasteiger partial charge >= 0.3 is 0 Å². The molecule has 0 aliphatic heterocycles. The van der Waals surface area contributed by atoms with Crippen LogP contribution in [0.2, 0.25) is 0 Å². The second-order valence-corrected chi connectivity index (χ2v) is 5.71. The third kappa shape index (κ3) is 3.66. The van der Waals surface area contributed by atoms with E-state index in [1.165, 1.54) is 44.3 Å². The van der Waals surface area contributed by atoms with Gasteiger partial charge < -0.3 is 9.88 Å². The van der Waals surface area contributed by atoms with Crippen molar-refractivity contribution in [3.05, 3.63) is 12.4 Å². The zero-order valence-electron chi connectivity index (χ0n) is 10.7. The van der Waals surface area contributed by atoms with Crippen LogP contribution < -0.4 is 5.32 Å². The molecule has 1 fully saturated rings. The van der Waals surface area contributed by atoms with Gasteiger partial charge in [-0.15, -0.1) is 0 Å². The van der Waals surface area contributed by atoms with E-state index >= 15 is 0 Å². The highest BCUT2D eigenvalue weighted by molar-refractivity contribution is 7.98. The SMILES string of the molecule is CSCCCNc1nccn1C1CCCCC1. The third-order valence-electron chi connectivity index (χ3n) is 3.45. The number of thioether (sulfide) groups is 1. The maximum Gasteiger partial charge on any atom is 0.203 e. The molecule has 96 valence electrons. The molecule has 0 unspecified atom stereocenters. The van der Waals surface area contributed by atoms with Crippen molar-refractivity contribution in [3.63, 3.8) is 0 Å². The predicted molar refractivity (Wildman–Crippen MR) is 75.8 cm³/mol. The third-order valence-corrected chi connectivity index (χ3v) is 4.14. The first-order valence-corrected chi connectivity index (χ1v) is 8.07. The van der Waals surface area contributed by atoms with Gasteiger partial charge in [0.15, 0.2) is 0 Å².